The third-order valence-electron chi connectivity index (χ3n) is 2.78. The van der Waals surface area contributed by atoms with E-state index in [1.54, 1.807) is 11.8 Å². The summed E-state index contributed by atoms with van der Waals surface area (Å²) in [6.45, 7) is 2.50. The highest BCUT2D eigenvalue weighted by Gasteiger charge is 2.16. The molecule has 0 fully saturated rings. The summed E-state index contributed by atoms with van der Waals surface area (Å²) in [6, 6.07) is 9.14. The number of rotatable bonds is 8. The van der Waals surface area contributed by atoms with Crippen molar-refractivity contribution in [3.8, 4) is 0 Å². The monoisotopic (exact) mass is 366 g/mol. The lowest BCUT2D eigenvalue weighted by Crippen LogP contribution is -2.43. The van der Waals surface area contributed by atoms with Gasteiger partial charge < -0.3 is 11.1 Å². The summed E-state index contributed by atoms with van der Waals surface area (Å²) in [7, 11) is -3.09. The Labute approximate surface area is 142 Å². The van der Waals surface area contributed by atoms with Gasteiger partial charge in [-0.3, -0.25) is 4.79 Å². The van der Waals surface area contributed by atoms with Crippen LogP contribution in [0.4, 0.5) is 0 Å². The lowest BCUT2D eigenvalue weighted by Gasteiger charge is -2.15. The second-order valence-corrected chi connectivity index (χ2v) is 8.78. The van der Waals surface area contributed by atoms with Gasteiger partial charge in [-0.15, -0.1) is 24.2 Å². The van der Waals surface area contributed by atoms with Crippen molar-refractivity contribution in [3.05, 3.63) is 30.3 Å². The standard InChI is InChI=1S/C14H22N2O3S2.ClH/c1-11(20-12-6-4-3-5-7-12)10-16-14(17)13(15)8-9-21(2,18)19;/h3-7,11,13H,8-10,15H2,1-2H3,(H,16,17);1H. The fraction of sp³-hybridized carbons (Fsp3) is 0.500. The number of hydrogen-bond donors (Lipinski definition) is 2. The molecule has 1 aromatic carbocycles. The first-order valence-corrected chi connectivity index (χ1v) is 9.64. The van der Waals surface area contributed by atoms with E-state index in [1.165, 1.54) is 0 Å². The van der Waals surface area contributed by atoms with E-state index in [4.69, 9.17) is 5.73 Å². The zero-order chi connectivity index (χ0) is 15.9. The summed E-state index contributed by atoms with van der Waals surface area (Å²) in [5.74, 6) is -0.380. The van der Waals surface area contributed by atoms with E-state index in [0.29, 0.717) is 6.54 Å². The third-order valence-corrected chi connectivity index (χ3v) is 4.87. The van der Waals surface area contributed by atoms with Gasteiger partial charge in [-0.1, -0.05) is 25.1 Å². The summed E-state index contributed by atoms with van der Waals surface area (Å²) in [4.78, 5) is 12.9. The Morgan fingerprint density at radius 2 is 1.91 bits per heavy atom. The zero-order valence-corrected chi connectivity index (χ0v) is 15.1. The smallest absolute Gasteiger partial charge is 0.236 e. The predicted octanol–water partition coefficient (Wildman–Crippen LogP) is 1.47. The van der Waals surface area contributed by atoms with Crippen LogP contribution in [0.5, 0.6) is 0 Å². The van der Waals surface area contributed by atoms with E-state index in [-0.39, 0.29) is 35.7 Å². The number of hydrogen-bond acceptors (Lipinski definition) is 5. The fourth-order valence-electron chi connectivity index (χ4n) is 1.62. The molecule has 8 heteroatoms. The molecule has 0 aliphatic rings. The SMILES string of the molecule is CC(CNC(=O)C(N)CCS(C)(=O)=O)Sc1ccccc1.Cl. The molecule has 0 radical (unpaired) electrons. The Bertz CT molecular complexity index is 552. The summed E-state index contributed by atoms with van der Waals surface area (Å²) < 4.78 is 22.1. The summed E-state index contributed by atoms with van der Waals surface area (Å²) in [5, 5.41) is 2.97. The van der Waals surface area contributed by atoms with Gasteiger partial charge in [0.05, 0.1) is 11.8 Å². The first-order valence-electron chi connectivity index (χ1n) is 6.70. The second-order valence-electron chi connectivity index (χ2n) is 5.01. The maximum Gasteiger partial charge on any atom is 0.236 e. The number of halogens is 1. The van der Waals surface area contributed by atoms with Crippen LogP contribution in [0.1, 0.15) is 13.3 Å². The van der Waals surface area contributed by atoms with Crippen LogP contribution in [0.2, 0.25) is 0 Å². The summed E-state index contributed by atoms with van der Waals surface area (Å²) >= 11 is 1.66. The van der Waals surface area contributed by atoms with Crippen molar-refractivity contribution in [2.45, 2.75) is 29.5 Å². The molecule has 126 valence electrons. The van der Waals surface area contributed by atoms with Crippen molar-refractivity contribution in [2.75, 3.05) is 18.6 Å². The van der Waals surface area contributed by atoms with Gasteiger partial charge in [0, 0.05) is 22.9 Å². The van der Waals surface area contributed by atoms with E-state index in [0.717, 1.165) is 11.2 Å². The van der Waals surface area contributed by atoms with Crippen molar-refractivity contribution >= 4 is 39.9 Å². The Kier molecular flexibility index (Phi) is 9.75. The minimum atomic E-state index is -3.09. The number of carbonyl (C=O) groups excluding carboxylic acids is 1. The number of thioether (sulfide) groups is 1. The number of nitrogens with one attached hydrogen (secondary N) is 1. The highest BCUT2D eigenvalue weighted by atomic mass is 35.5. The average molecular weight is 367 g/mol. The molecule has 22 heavy (non-hydrogen) atoms. The quantitative estimate of drug-likeness (QED) is 0.680. The van der Waals surface area contributed by atoms with Crippen LogP contribution in [0, 0.1) is 0 Å². The Morgan fingerprint density at radius 3 is 2.45 bits per heavy atom. The summed E-state index contributed by atoms with van der Waals surface area (Å²) in [6.07, 6.45) is 1.28. The largest absolute Gasteiger partial charge is 0.354 e. The molecule has 2 atom stereocenters. The third kappa shape index (κ3) is 9.30. The summed E-state index contributed by atoms with van der Waals surface area (Å²) in [5.41, 5.74) is 5.68. The number of carbonyl (C=O) groups is 1. The minimum Gasteiger partial charge on any atom is -0.354 e. The predicted molar refractivity (Wildman–Crippen MR) is 94.3 cm³/mol. The lowest BCUT2D eigenvalue weighted by atomic mass is 10.2. The van der Waals surface area contributed by atoms with E-state index < -0.39 is 15.9 Å². The molecule has 1 aromatic rings. The molecular weight excluding hydrogens is 344 g/mol. The Hall–Kier alpha value is -0.760. The molecule has 0 saturated carbocycles. The van der Waals surface area contributed by atoms with Crippen LogP contribution in [0.15, 0.2) is 35.2 Å². The molecule has 0 heterocycles. The zero-order valence-electron chi connectivity index (χ0n) is 12.7. The van der Waals surface area contributed by atoms with Gasteiger partial charge in [0.15, 0.2) is 0 Å². The fourth-order valence-corrected chi connectivity index (χ4v) is 3.25. The minimum absolute atomic E-state index is 0. The second kappa shape index (κ2) is 10.1. The molecule has 0 aliphatic carbocycles. The van der Waals surface area contributed by atoms with E-state index in [1.807, 2.05) is 37.3 Å². The molecule has 5 nitrogen and oxygen atoms in total. The van der Waals surface area contributed by atoms with Crippen LogP contribution < -0.4 is 11.1 Å². The Balaban J connectivity index is 0.00000441. The van der Waals surface area contributed by atoms with Crippen molar-refractivity contribution in [2.24, 2.45) is 5.73 Å². The van der Waals surface area contributed by atoms with E-state index >= 15 is 0 Å². The van der Waals surface area contributed by atoms with Crippen molar-refractivity contribution in [1.82, 2.24) is 5.32 Å². The molecule has 0 aromatic heterocycles. The van der Waals surface area contributed by atoms with Crippen molar-refractivity contribution in [1.29, 1.82) is 0 Å². The number of amides is 1. The van der Waals surface area contributed by atoms with Gasteiger partial charge in [-0.05, 0) is 18.6 Å². The molecular formula is C14H23ClN2O3S2. The van der Waals surface area contributed by atoms with Gasteiger partial charge in [-0.25, -0.2) is 8.42 Å². The number of nitrogens with two attached hydrogens (primary N) is 1. The highest BCUT2D eigenvalue weighted by molar-refractivity contribution is 8.00. The highest BCUT2D eigenvalue weighted by Crippen LogP contribution is 2.21. The molecule has 3 N–H and O–H groups in total. The van der Waals surface area contributed by atoms with E-state index in [2.05, 4.69) is 5.32 Å². The van der Waals surface area contributed by atoms with Gasteiger partial charge in [0.2, 0.25) is 5.91 Å². The van der Waals surface area contributed by atoms with Crippen LogP contribution in [-0.4, -0.2) is 44.2 Å². The topological polar surface area (TPSA) is 89.3 Å². The van der Waals surface area contributed by atoms with E-state index in [9.17, 15) is 13.2 Å². The van der Waals surface area contributed by atoms with Crippen LogP contribution in [-0.2, 0) is 14.6 Å². The molecule has 0 aliphatic heterocycles. The molecule has 1 rings (SSSR count). The van der Waals surface area contributed by atoms with Gasteiger partial charge in [-0.2, -0.15) is 0 Å². The van der Waals surface area contributed by atoms with Crippen molar-refractivity contribution in [3.63, 3.8) is 0 Å². The van der Waals surface area contributed by atoms with Crippen LogP contribution in [0.25, 0.3) is 0 Å². The molecule has 1 amide bonds. The van der Waals surface area contributed by atoms with Gasteiger partial charge in [0.25, 0.3) is 0 Å². The molecule has 0 saturated heterocycles. The first-order chi connectivity index (χ1) is 9.78. The lowest BCUT2D eigenvalue weighted by molar-refractivity contribution is -0.122. The number of sulfone groups is 1. The maximum atomic E-state index is 11.8. The van der Waals surface area contributed by atoms with Crippen LogP contribution >= 0.6 is 24.2 Å². The molecule has 0 spiro atoms. The van der Waals surface area contributed by atoms with Crippen molar-refractivity contribution < 1.29 is 13.2 Å². The normalized spacial score (nSPS) is 13.8. The molecule has 0 bridgehead atoms. The Morgan fingerprint density at radius 1 is 1.32 bits per heavy atom. The molecule has 2 unspecified atom stereocenters. The first kappa shape index (κ1) is 21.2. The number of benzene rings is 1. The van der Waals surface area contributed by atoms with Crippen LogP contribution in [0.3, 0.4) is 0 Å². The van der Waals surface area contributed by atoms with Gasteiger partial charge in [0.1, 0.15) is 9.84 Å². The maximum absolute atomic E-state index is 11.8. The van der Waals surface area contributed by atoms with Gasteiger partial charge >= 0.3 is 0 Å². The average Bonchev–Trinajstić information content (AvgIpc) is 2.42.